The number of aryl methyl sites for hydroxylation is 1. The number of carbonyl (C=O) groups is 2. The predicted octanol–water partition coefficient (Wildman–Crippen LogP) is 1.33. The highest BCUT2D eigenvalue weighted by Gasteiger charge is 2.21. The van der Waals surface area contributed by atoms with Gasteiger partial charge in [0.15, 0.2) is 0 Å². The molecule has 0 saturated heterocycles. The Kier molecular flexibility index (Phi) is 4.51. The van der Waals surface area contributed by atoms with Crippen LogP contribution in [0.5, 0.6) is 0 Å². The number of amides is 2. The van der Waals surface area contributed by atoms with E-state index >= 15 is 0 Å². The number of fused-ring (bicyclic) bond motifs is 1. The van der Waals surface area contributed by atoms with Gasteiger partial charge in [-0.05, 0) is 42.3 Å². The van der Waals surface area contributed by atoms with Crippen molar-refractivity contribution in [3.63, 3.8) is 0 Å². The second kappa shape index (κ2) is 6.61. The first-order chi connectivity index (χ1) is 11.9. The number of sulfonamides is 1. The molecule has 0 radical (unpaired) electrons. The molecule has 2 amide bonds. The fraction of sp³-hybridized carbons (Fsp3) is 0.125. The van der Waals surface area contributed by atoms with Crippen LogP contribution in [0, 0.1) is 5.82 Å². The minimum atomic E-state index is -4.04. The highest BCUT2D eigenvalue weighted by atomic mass is 32.2. The molecule has 9 heteroatoms. The van der Waals surface area contributed by atoms with E-state index in [1.54, 1.807) is 0 Å². The molecule has 2 aromatic rings. The van der Waals surface area contributed by atoms with Crippen molar-refractivity contribution >= 4 is 27.5 Å². The summed E-state index contributed by atoms with van der Waals surface area (Å²) in [6.07, 6.45) is 0.695. The molecule has 0 aliphatic carbocycles. The molecule has 1 heterocycles. The molecule has 0 unspecified atom stereocenters. The highest BCUT2D eigenvalue weighted by Crippen LogP contribution is 2.25. The van der Waals surface area contributed by atoms with E-state index in [0.717, 1.165) is 6.07 Å². The van der Waals surface area contributed by atoms with Gasteiger partial charge >= 0.3 is 0 Å². The van der Waals surface area contributed by atoms with Crippen molar-refractivity contribution in [3.05, 3.63) is 59.4 Å². The average Bonchev–Trinajstić information content (AvgIpc) is 2.59. The molecule has 0 spiro atoms. The number of anilines is 1. The normalized spacial score (nSPS) is 13.7. The Balaban J connectivity index is 1.75. The lowest BCUT2D eigenvalue weighted by Gasteiger charge is -2.17. The monoisotopic (exact) mass is 363 g/mol. The number of nitrogens with one attached hydrogen (secondary N) is 3. The van der Waals surface area contributed by atoms with Gasteiger partial charge in [-0.25, -0.2) is 12.8 Å². The summed E-state index contributed by atoms with van der Waals surface area (Å²) in [5.74, 6) is -1.80. The van der Waals surface area contributed by atoms with E-state index in [2.05, 4.69) is 5.32 Å². The molecule has 0 saturated carbocycles. The maximum Gasteiger partial charge on any atom is 0.269 e. The molecule has 1 aliphatic heterocycles. The van der Waals surface area contributed by atoms with Crippen molar-refractivity contribution in [1.82, 2.24) is 10.3 Å². The van der Waals surface area contributed by atoms with Crippen LogP contribution in [0.4, 0.5) is 10.1 Å². The minimum absolute atomic E-state index is 0.0729. The van der Waals surface area contributed by atoms with Crippen molar-refractivity contribution < 1.29 is 22.4 Å². The number of rotatable bonds is 4. The van der Waals surface area contributed by atoms with Crippen LogP contribution in [-0.2, 0) is 21.2 Å². The molecule has 130 valence electrons. The summed E-state index contributed by atoms with van der Waals surface area (Å²) in [5, 5.41) is 2.65. The number of hydrogen-bond acceptors (Lipinski definition) is 4. The van der Waals surface area contributed by atoms with Gasteiger partial charge in [-0.2, -0.15) is 0 Å². The highest BCUT2D eigenvalue weighted by molar-refractivity contribution is 7.89. The topological polar surface area (TPSA) is 104 Å². The second-order valence-electron chi connectivity index (χ2n) is 5.41. The lowest BCUT2D eigenvalue weighted by Crippen LogP contribution is -2.41. The quantitative estimate of drug-likeness (QED) is 0.713. The van der Waals surface area contributed by atoms with Crippen molar-refractivity contribution in [2.24, 2.45) is 0 Å². The van der Waals surface area contributed by atoms with Crippen LogP contribution in [-0.4, -0.2) is 20.2 Å². The van der Waals surface area contributed by atoms with Crippen LogP contribution in [0.15, 0.2) is 47.4 Å². The zero-order valence-corrected chi connectivity index (χ0v) is 13.7. The van der Waals surface area contributed by atoms with Crippen LogP contribution in [0.1, 0.15) is 22.3 Å². The number of benzene rings is 2. The van der Waals surface area contributed by atoms with E-state index in [-0.39, 0.29) is 22.8 Å². The third kappa shape index (κ3) is 3.67. The Labute approximate surface area is 143 Å². The lowest BCUT2D eigenvalue weighted by atomic mass is 10.0. The summed E-state index contributed by atoms with van der Waals surface area (Å²) >= 11 is 0. The minimum Gasteiger partial charge on any atom is -0.326 e. The number of halogens is 1. The van der Waals surface area contributed by atoms with Crippen LogP contribution >= 0.6 is 0 Å². The zero-order valence-electron chi connectivity index (χ0n) is 12.9. The molecule has 25 heavy (non-hydrogen) atoms. The van der Waals surface area contributed by atoms with Crippen molar-refractivity contribution in [2.75, 3.05) is 5.32 Å². The molecule has 3 rings (SSSR count). The first-order valence-electron chi connectivity index (χ1n) is 7.36. The summed E-state index contributed by atoms with van der Waals surface area (Å²) in [7, 11) is -4.04. The number of carbonyl (C=O) groups excluding carboxylic acids is 2. The fourth-order valence-electron chi connectivity index (χ4n) is 2.41. The molecule has 0 fully saturated rings. The molecular weight excluding hydrogens is 349 g/mol. The molecule has 1 aliphatic rings. The third-order valence-electron chi connectivity index (χ3n) is 3.70. The van der Waals surface area contributed by atoms with Crippen LogP contribution < -0.4 is 15.6 Å². The predicted molar refractivity (Wildman–Crippen MR) is 87.6 cm³/mol. The zero-order chi connectivity index (χ0) is 18.0. The van der Waals surface area contributed by atoms with Crippen molar-refractivity contribution in [2.45, 2.75) is 17.7 Å². The van der Waals surface area contributed by atoms with E-state index < -0.39 is 21.7 Å². The average molecular weight is 363 g/mol. The van der Waals surface area contributed by atoms with Crippen LogP contribution in [0.25, 0.3) is 0 Å². The van der Waals surface area contributed by atoms with E-state index in [9.17, 15) is 22.4 Å². The van der Waals surface area contributed by atoms with E-state index in [1.807, 2.05) is 10.3 Å². The smallest absolute Gasteiger partial charge is 0.269 e. The van der Waals surface area contributed by atoms with Gasteiger partial charge in [0.25, 0.3) is 15.9 Å². The van der Waals surface area contributed by atoms with Crippen molar-refractivity contribution in [1.29, 1.82) is 0 Å². The van der Waals surface area contributed by atoms with Crippen LogP contribution in [0.3, 0.4) is 0 Å². The third-order valence-corrected chi connectivity index (χ3v) is 4.95. The summed E-state index contributed by atoms with van der Waals surface area (Å²) in [6, 6.07) is 9.43. The van der Waals surface area contributed by atoms with Gasteiger partial charge < -0.3 is 5.32 Å². The van der Waals surface area contributed by atoms with Gasteiger partial charge in [0.1, 0.15) is 5.82 Å². The summed E-state index contributed by atoms with van der Waals surface area (Å²) < 4.78 is 38.1. The van der Waals surface area contributed by atoms with Crippen LogP contribution in [0.2, 0.25) is 0 Å². The molecule has 0 atom stereocenters. The Morgan fingerprint density at radius 1 is 1.12 bits per heavy atom. The molecule has 2 aromatic carbocycles. The van der Waals surface area contributed by atoms with Gasteiger partial charge in [-0.1, -0.05) is 12.1 Å². The lowest BCUT2D eigenvalue weighted by molar-refractivity contribution is -0.116. The summed E-state index contributed by atoms with van der Waals surface area (Å²) in [5.41, 5.74) is 2.94. The second-order valence-corrected chi connectivity index (χ2v) is 7.09. The Morgan fingerprint density at radius 2 is 1.88 bits per heavy atom. The summed E-state index contributed by atoms with van der Waals surface area (Å²) in [6.45, 7) is 0. The SMILES string of the molecule is O=C1CCc2cc(S(=O)(=O)NNC(=O)c3ccccc3F)ccc2N1. The molecule has 7 nitrogen and oxygen atoms in total. The van der Waals surface area contributed by atoms with E-state index in [0.29, 0.717) is 17.7 Å². The summed E-state index contributed by atoms with van der Waals surface area (Å²) in [4.78, 5) is 25.1. The number of hydrazine groups is 1. The van der Waals surface area contributed by atoms with E-state index in [1.165, 1.54) is 36.4 Å². The Bertz CT molecular complexity index is 960. The van der Waals surface area contributed by atoms with Gasteiger partial charge in [0, 0.05) is 12.1 Å². The molecule has 3 N–H and O–H groups in total. The largest absolute Gasteiger partial charge is 0.326 e. The van der Waals surface area contributed by atoms with E-state index in [4.69, 9.17) is 0 Å². The first-order valence-corrected chi connectivity index (χ1v) is 8.84. The van der Waals surface area contributed by atoms with Crippen molar-refractivity contribution in [3.8, 4) is 0 Å². The Hall–Kier alpha value is -2.78. The molecule has 0 bridgehead atoms. The van der Waals surface area contributed by atoms with Gasteiger partial charge in [0.2, 0.25) is 5.91 Å². The Morgan fingerprint density at radius 3 is 2.64 bits per heavy atom. The maximum absolute atomic E-state index is 13.5. The standard InChI is InChI=1S/C16H14FN3O4S/c17-13-4-2-1-3-12(13)16(22)19-20-25(23,24)11-6-7-14-10(9-11)5-8-15(21)18-14/h1-4,6-7,9,20H,5,8H2,(H,18,21)(H,19,22). The molecule has 0 aromatic heterocycles. The maximum atomic E-state index is 13.5. The van der Waals surface area contributed by atoms with Gasteiger partial charge in [-0.15, -0.1) is 4.83 Å². The molecular formula is C16H14FN3O4S. The first kappa shape index (κ1) is 17.1. The van der Waals surface area contributed by atoms with Gasteiger partial charge in [0.05, 0.1) is 10.5 Å². The fourth-order valence-corrected chi connectivity index (χ4v) is 3.30. The van der Waals surface area contributed by atoms with Gasteiger partial charge in [-0.3, -0.25) is 15.0 Å². The number of hydrogen-bond donors (Lipinski definition) is 3.